The second-order valence-corrected chi connectivity index (χ2v) is 11.9. The SMILES string of the molecule is CCC#CCC(C)(C)[C@@H](/C=C/[C@@H]1[C@H]2C/C(=C(\F)CO)C[C@H]2C[C@H]1OC1CCCCO1)OC1CCCCO1. The molecular formula is C31H47FO5. The zero-order valence-electron chi connectivity index (χ0n) is 23.1. The largest absolute Gasteiger partial charge is 0.389 e. The summed E-state index contributed by atoms with van der Waals surface area (Å²) in [5, 5.41) is 9.38. The third-order valence-corrected chi connectivity index (χ3v) is 8.60. The Morgan fingerprint density at radius 2 is 1.84 bits per heavy atom. The van der Waals surface area contributed by atoms with Crippen LogP contribution in [0.2, 0.25) is 0 Å². The summed E-state index contributed by atoms with van der Waals surface area (Å²) < 4.78 is 39.3. The zero-order valence-corrected chi connectivity index (χ0v) is 23.1. The molecule has 6 heteroatoms. The summed E-state index contributed by atoms with van der Waals surface area (Å²) in [7, 11) is 0. The molecule has 4 fully saturated rings. The van der Waals surface area contributed by atoms with Crippen molar-refractivity contribution in [2.75, 3.05) is 19.8 Å². The molecule has 0 amide bonds. The van der Waals surface area contributed by atoms with Crippen molar-refractivity contribution in [1.82, 2.24) is 0 Å². The fraction of sp³-hybridized carbons (Fsp3) is 0.806. The minimum absolute atomic E-state index is 0.0441. The molecule has 208 valence electrons. The smallest absolute Gasteiger partial charge is 0.158 e. The summed E-state index contributed by atoms with van der Waals surface area (Å²) in [5.74, 6) is 6.99. The van der Waals surface area contributed by atoms with Crippen LogP contribution in [-0.2, 0) is 18.9 Å². The van der Waals surface area contributed by atoms with E-state index in [4.69, 9.17) is 18.9 Å². The van der Waals surface area contributed by atoms with Crippen molar-refractivity contribution in [3.63, 3.8) is 0 Å². The van der Waals surface area contributed by atoms with Gasteiger partial charge in [-0.3, -0.25) is 0 Å². The Morgan fingerprint density at radius 1 is 1.11 bits per heavy atom. The predicted octanol–water partition coefficient (Wildman–Crippen LogP) is 6.46. The van der Waals surface area contributed by atoms with Gasteiger partial charge in [-0.2, -0.15) is 0 Å². The third kappa shape index (κ3) is 7.67. The van der Waals surface area contributed by atoms with E-state index < -0.39 is 6.61 Å². The van der Waals surface area contributed by atoms with Crippen LogP contribution in [0.25, 0.3) is 0 Å². The average Bonchev–Trinajstić information content (AvgIpc) is 3.45. The van der Waals surface area contributed by atoms with E-state index in [1.165, 1.54) is 0 Å². The molecule has 5 nitrogen and oxygen atoms in total. The van der Waals surface area contributed by atoms with Gasteiger partial charge in [0.25, 0.3) is 0 Å². The topological polar surface area (TPSA) is 57.2 Å². The van der Waals surface area contributed by atoms with E-state index in [0.29, 0.717) is 24.7 Å². The first-order chi connectivity index (χ1) is 17.9. The van der Waals surface area contributed by atoms with Crippen LogP contribution >= 0.6 is 0 Å². The standard InChI is InChI=1S/C31H47FO5/c1-4-5-8-15-31(2,3)28(37-30-12-7-10-17-35-30)14-13-24-25-19-23(26(32)21-33)18-22(25)20-27(24)36-29-11-6-9-16-34-29/h13-14,22,24-25,27-30,33H,4,6-7,9-12,15-21H2,1-3H3/b14-13+,26-23-/t22-,24+,25-,27+,28+,29?,30?/m0/s1. The lowest BCUT2D eigenvalue weighted by atomic mass is 9.81. The van der Waals surface area contributed by atoms with Gasteiger partial charge in [0.1, 0.15) is 5.83 Å². The van der Waals surface area contributed by atoms with Crippen molar-refractivity contribution in [3.05, 3.63) is 23.6 Å². The summed E-state index contributed by atoms with van der Waals surface area (Å²) >= 11 is 0. The molecule has 4 aliphatic rings. The molecule has 2 heterocycles. The van der Waals surface area contributed by atoms with Gasteiger partial charge in [0.2, 0.25) is 0 Å². The molecule has 4 rings (SSSR count). The molecule has 2 unspecified atom stereocenters. The van der Waals surface area contributed by atoms with E-state index in [1.807, 2.05) is 0 Å². The Morgan fingerprint density at radius 3 is 2.49 bits per heavy atom. The second-order valence-electron chi connectivity index (χ2n) is 11.9. The van der Waals surface area contributed by atoms with Crippen LogP contribution < -0.4 is 0 Å². The van der Waals surface area contributed by atoms with Crippen LogP contribution in [0.1, 0.15) is 91.4 Å². The van der Waals surface area contributed by atoms with Crippen LogP contribution in [0.15, 0.2) is 23.6 Å². The molecule has 2 saturated heterocycles. The number of fused-ring (bicyclic) bond motifs is 1. The average molecular weight is 519 g/mol. The fourth-order valence-electron chi connectivity index (χ4n) is 6.42. The number of allylic oxidation sites excluding steroid dienone is 1. The maximum Gasteiger partial charge on any atom is 0.158 e. The number of rotatable bonds is 9. The molecule has 0 radical (unpaired) electrons. The molecule has 2 aliphatic carbocycles. The number of ether oxygens (including phenoxy) is 4. The summed E-state index contributed by atoms with van der Waals surface area (Å²) in [6.45, 7) is 7.48. The van der Waals surface area contributed by atoms with Crippen LogP contribution in [0.4, 0.5) is 4.39 Å². The van der Waals surface area contributed by atoms with E-state index in [1.54, 1.807) is 0 Å². The van der Waals surface area contributed by atoms with Gasteiger partial charge < -0.3 is 24.1 Å². The van der Waals surface area contributed by atoms with E-state index >= 15 is 0 Å². The molecule has 0 aromatic heterocycles. The highest BCUT2D eigenvalue weighted by Gasteiger charge is 2.48. The quantitative estimate of drug-likeness (QED) is 0.280. The first kappa shape index (κ1) is 28.8. The Balaban J connectivity index is 1.55. The van der Waals surface area contributed by atoms with Crippen LogP contribution in [-0.4, -0.2) is 49.7 Å². The molecule has 0 bridgehead atoms. The van der Waals surface area contributed by atoms with E-state index in [2.05, 4.69) is 44.8 Å². The molecular weight excluding hydrogens is 471 g/mol. The summed E-state index contributed by atoms with van der Waals surface area (Å²) in [5.41, 5.74) is 0.589. The lowest BCUT2D eigenvalue weighted by molar-refractivity contribution is -0.197. The summed E-state index contributed by atoms with van der Waals surface area (Å²) in [6, 6.07) is 0. The maximum absolute atomic E-state index is 14.3. The highest BCUT2D eigenvalue weighted by atomic mass is 19.1. The van der Waals surface area contributed by atoms with Crippen molar-refractivity contribution in [1.29, 1.82) is 0 Å². The Bertz CT molecular complexity index is 843. The molecule has 0 aromatic rings. The normalized spacial score (nSPS) is 34.7. The van der Waals surface area contributed by atoms with Gasteiger partial charge in [0.15, 0.2) is 12.6 Å². The lowest BCUT2D eigenvalue weighted by Crippen LogP contribution is -2.36. The first-order valence-electron chi connectivity index (χ1n) is 14.6. The summed E-state index contributed by atoms with van der Waals surface area (Å²) in [4.78, 5) is 0. The van der Waals surface area contributed by atoms with Gasteiger partial charge in [-0.1, -0.05) is 32.9 Å². The van der Waals surface area contributed by atoms with Crippen molar-refractivity contribution in [2.45, 2.75) is 116 Å². The number of hydrogen-bond donors (Lipinski definition) is 1. The fourth-order valence-corrected chi connectivity index (χ4v) is 6.42. The molecule has 7 atom stereocenters. The van der Waals surface area contributed by atoms with Gasteiger partial charge in [-0.05, 0) is 75.2 Å². The molecule has 0 aromatic carbocycles. The van der Waals surface area contributed by atoms with Gasteiger partial charge in [0.05, 0.1) is 18.8 Å². The van der Waals surface area contributed by atoms with E-state index in [9.17, 15) is 9.50 Å². The van der Waals surface area contributed by atoms with Gasteiger partial charge in [-0.15, -0.1) is 11.8 Å². The molecule has 0 spiro atoms. The molecule has 37 heavy (non-hydrogen) atoms. The van der Waals surface area contributed by atoms with E-state index in [0.717, 1.165) is 76.6 Å². The highest BCUT2D eigenvalue weighted by molar-refractivity contribution is 5.21. The second kappa shape index (κ2) is 13.7. The van der Waals surface area contributed by atoms with Crippen LogP contribution in [0.3, 0.4) is 0 Å². The number of aliphatic hydroxyl groups excluding tert-OH is 1. The Labute approximate surface area is 223 Å². The monoisotopic (exact) mass is 518 g/mol. The maximum atomic E-state index is 14.3. The first-order valence-corrected chi connectivity index (χ1v) is 14.6. The third-order valence-electron chi connectivity index (χ3n) is 8.60. The van der Waals surface area contributed by atoms with Crippen molar-refractivity contribution >= 4 is 0 Å². The van der Waals surface area contributed by atoms with Crippen LogP contribution in [0, 0.1) is 35.0 Å². The lowest BCUT2D eigenvalue weighted by Gasteiger charge is -2.35. The van der Waals surface area contributed by atoms with Gasteiger partial charge in [0, 0.05) is 37.4 Å². The van der Waals surface area contributed by atoms with Crippen LogP contribution in [0.5, 0.6) is 0 Å². The minimum Gasteiger partial charge on any atom is -0.389 e. The highest BCUT2D eigenvalue weighted by Crippen LogP contribution is 2.52. The zero-order chi connectivity index (χ0) is 26.3. The Kier molecular flexibility index (Phi) is 10.7. The van der Waals surface area contributed by atoms with Gasteiger partial charge >= 0.3 is 0 Å². The van der Waals surface area contributed by atoms with Crippen molar-refractivity contribution in [3.8, 4) is 11.8 Å². The predicted molar refractivity (Wildman–Crippen MR) is 142 cm³/mol. The number of hydrogen-bond acceptors (Lipinski definition) is 5. The van der Waals surface area contributed by atoms with Crippen molar-refractivity contribution < 1.29 is 28.4 Å². The van der Waals surface area contributed by atoms with Crippen molar-refractivity contribution in [2.24, 2.45) is 23.2 Å². The van der Waals surface area contributed by atoms with E-state index in [-0.39, 0.29) is 41.9 Å². The minimum atomic E-state index is -0.505. The Hall–Kier alpha value is -1.23. The number of aliphatic hydroxyl groups is 1. The molecule has 2 saturated carbocycles. The number of halogens is 1. The molecule has 1 N–H and O–H groups in total. The van der Waals surface area contributed by atoms with Gasteiger partial charge in [-0.25, -0.2) is 4.39 Å². The molecule has 2 aliphatic heterocycles. The summed E-state index contributed by atoms with van der Waals surface area (Å²) in [6.07, 6.45) is 14.2.